The van der Waals surface area contributed by atoms with Crippen LogP contribution in [0.15, 0.2) is 48.5 Å². The smallest absolute Gasteiger partial charge is 0.407 e. The normalized spacial score (nSPS) is 19.5. The zero-order chi connectivity index (χ0) is 24.8. The molecule has 8 heteroatoms. The number of hydrogen-bond donors (Lipinski definition) is 3. The van der Waals surface area contributed by atoms with Gasteiger partial charge in [-0.2, -0.15) is 0 Å². The molecule has 8 nitrogen and oxygen atoms in total. The molecule has 4 rings (SSSR count). The van der Waals surface area contributed by atoms with Gasteiger partial charge in [0.2, 0.25) is 5.91 Å². The number of alkyl carbamates (subject to hydrolysis) is 1. The number of ether oxygens (including phenoxy) is 2. The van der Waals surface area contributed by atoms with Gasteiger partial charge in [0.05, 0.1) is 18.4 Å². The van der Waals surface area contributed by atoms with Crippen LogP contribution in [0.3, 0.4) is 0 Å². The van der Waals surface area contributed by atoms with Gasteiger partial charge in [0, 0.05) is 25.1 Å². The maximum Gasteiger partial charge on any atom is 0.407 e. The summed E-state index contributed by atoms with van der Waals surface area (Å²) in [5, 5.41) is 14.8. The van der Waals surface area contributed by atoms with Crippen molar-refractivity contribution in [3.05, 3.63) is 59.7 Å². The second-order valence-corrected chi connectivity index (χ2v) is 9.04. The Morgan fingerprint density at radius 1 is 1.03 bits per heavy atom. The largest absolute Gasteiger partial charge is 0.481 e. The fourth-order valence-electron chi connectivity index (χ4n) is 5.17. The molecule has 0 spiro atoms. The van der Waals surface area contributed by atoms with Crippen molar-refractivity contribution in [2.75, 3.05) is 19.8 Å². The minimum atomic E-state index is -0.883. The van der Waals surface area contributed by atoms with Crippen LogP contribution in [-0.2, 0) is 19.1 Å². The number of fused-ring (bicyclic) bond motifs is 3. The summed E-state index contributed by atoms with van der Waals surface area (Å²) in [7, 11) is 0. The molecule has 0 radical (unpaired) electrons. The van der Waals surface area contributed by atoms with E-state index in [0.717, 1.165) is 28.7 Å². The highest BCUT2D eigenvalue weighted by molar-refractivity contribution is 5.80. The molecule has 0 bridgehead atoms. The number of aliphatic carboxylic acids is 1. The Bertz CT molecular complexity index is 1030. The second-order valence-electron chi connectivity index (χ2n) is 9.04. The van der Waals surface area contributed by atoms with Gasteiger partial charge >= 0.3 is 12.1 Å². The molecule has 0 aromatic heterocycles. The van der Waals surface area contributed by atoms with Gasteiger partial charge in [-0.3, -0.25) is 9.59 Å². The molecule has 186 valence electrons. The zero-order valence-corrected chi connectivity index (χ0v) is 19.9. The van der Waals surface area contributed by atoms with E-state index in [1.54, 1.807) is 0 Å². The SMILES string of the molecule is CCOC(CNC(=O)OCC1c2ccccc2-c2ccccc21)CC(=O)N[C@@H]1CCC[C@@H]1C(=O)O. The molecule has 35 heavy (non-hydrogen) atoms. The first-order valence-electron chi connectivity index (χ1n) is 12.2. The molecular formula is C27H32N2O6. The molecule has 1 saturated carbocycles. The maximum absolute atomic E-state index is 12.5. The average molecular weight is 481 g/mol. The number of rotatable bonds is 10. The molecule has 2 aliphatic carbocycles. The van der Waals surface area contributed by atoms with Crippen molar-refractivity contribution < 1.29 is 29.0 Å². The Morgan fingerprint density at radius 3 is 2.31 bits per heavy atom. The Hall–Kier alpha value is -3.39. The number of carboxylic acid groups (broad SMARTS) is 1. The quantitative estimate of drug-likeness (QED) is 0.478. The summed E-state index contributed by atoms with van der Waals surface area (Å²) in [6.07, 6.45) is 0.919. The van der Waals surface area contributed by atoms with Crippen LogP contribution in [0.25, 0.3) is 11.1 Å². The lowest BCUT2D eigenvalue weighted by molar-refractivity contribution is -0.142. The van der Waals surface area contributed by atoms with Crippen LogP contribution in [0, 0.1) is 5.92 Å². The number of carboxylic acids is 1. The average Bonchev–Trinajstić information content (AvgIpc) is 3.44. The summed E-state index contributed by atoms with van der Waals surface area (Å²) in [4.78, 5) is 36.3. The molecule has 2 aliphatic rings. The lowest BCUT2D eigenvalue weighted by Gasteiger charge is -2.21. The minimum Gasteiger partial charge on any atom is -0.481 e. The molecule has 2 aromatic rings. The van der Waals surface area contributed by atoms with Crippen molar-refractivity contribution in [3.8, 4) is 11.1 Å². The van der Waals surface area contributed by atoms with E-state index in [4.69, 9.17) is 9.47 Å². The van der Waals surface area contributed by atoms with Crippen LogP contribution in [0.4, 0.5) is 4.79 Å². The van der Waals surface area contributed by atoms with Crippen LogP contribution in [0.1, 0.15) is 49.7 Å². The fraction of sp³-hybridized carbons (Fsp3) is 0.444. The van der Waals surface area contributed by atoms with E-state index in [9.17, 15) is 19.5 Å². The second kappa shape index (κ2) is 11.4. The lowest BCUT2D eigenvalue weighted by atomic mass is 9.98. The number of carbonyl (C=O) groups excluding carboxylic acids is 2. The minimum absolute atomic E-state index is 0.0281. The Morgan fingerprint density at radius 2 is 1.69 bits per heavy atom. The molecule has 1 fully saturated rings. The third kappa shape index (κ3) is 5.82. The predicted molar refractivity (Wildman–Crippen MR) is 130 cm³/mol. The standard InChI is InChI=1S/C27H32N2O6/c1-2-34-17(14-25(30)29-24-13-7-12-22(24)26(31)32)15-28-27(33)35-16-23-20-10-5-3-8-18(20)19-9-4-6-11-21(19)23/h3-6,8-11,17,22-24H,2,7,12-16H2,1H3,(H,28,33)(H,29,30)(H,31,32)/t17?,22-,24+/m0/s1. The van der Waals surface area contributed by atoms with Crippen LogP contribution in [0.2, 0.25) is 0 Å². The molecule has 0 aliphatic heterocycles. The van der Waals surface area contributed by atoms with Crippen LogP contribution >= 0.6 is 0 Å². The van der Waals surface area contributed by atoms with Crippen LogP contribution in [-0.4, -0.2) is 55.0 Å². The summed E-state index contributed by atoms with van der Waals surface area (Å²) in [5.41, 5.74) is 4.59. The number of nitrogens with one attached hydrogen (secondary N) is 2. The highest BCUT2D eigenvalue weighted by Gasteiger charge is 2.34. The van der Waals surface area contributed by atoms with Gasteiger partial charge in [-0.1, -0.05) is 55.0 Å². The summed E-state index contributed by atoms with van der Waals surface area (Å²) in [6.45, 7) is 2.52. The third-order valence-electron chi connectivity index (χ3n) is 6.81. The third-order valence-corrected chi connectivity index (χ3v) is 6.81. The van der Waals surface area contributed by atoms with E-state index in [-0.39, 0.29) is 37.4 Å². The van der Waals surface area contributed by atoms with E-state index in [0.29, 0.717) is 19.4 Å². The van der Waals surface area contributed by atoms with E-state index in [1.807, 2.05) is 31.2 Å². The van der Waals surface area contributed by atoms with Crippen LogP contribution < -0.4 is 10.6 Å². The van der Waals surface area contributed by atoms with Crippen molar-refractivity contribution in [2.24, 2.45) is 5.92 Å². The van der Waals surface area contributed by atoms with E-state index in [1.165, 1.54) is 0 Å². The molecule has 2 amide bonds. The highest BCUT2D eigenvalue weighted by atomic mass is 16.5. The number of carbonyl (C=O) groups is 3. The van der Waals surface area contributed by atoms with E-state index in [2.05, 4.69) is 34.9 Å². The van der Waals surface area contributed by atoms with Gasteiger partial charge in [-0.15, -0.1) is 0 Å². The van der Waals surface area contributed by atoms with Crippen molar-refractivity contribution in [1.82, 2.24) is 10.6 Å². The lowest BCUT2D eigenvalue weighted by Crippen LogP contribution is -2.43. The molecular weight excluding hydrogens is 448 g/mol. The molecule has 3 atom stereocenters. The first-order valence-corrected chi connectivity index (χ1v) is 12.2. The van der Waals surface area contributed by atoms with Crippen molar-refractivity contribution in [3.63, 3.8) is 0 Å². The maximum atomic E-state index is 12.5. The molecule has 1 unspecified atom stereocenters. The molecule has 0 saturated heterocycles. The van der Waals surface area contributed by atoms with Crippen molar-refractivity contribution in [2.45, 2.75) is 50.7 Å². The summed E-state index contributed by atoms with van der Waals surface area (Å²) in [5.74, 6) is -1.75. The monoisotopic (exact) mass is 480 g/mol. The van der Waals surface area contributed by atoms with Gasteiger partial charge in [0.1, 0.15) is 6.61 Å². The predicted octanol–water partition coefficient (Wildman–Crippen LogP) is 3.69. The van der Waals surface area contributed by atoms with E-state index >= 15 is 0 Å². The summed E-state index contributed by atoms with van der Waals surface area (Å²) in [6, 6.07) is 15.9. The van der Waals surface area contributed by atoms with Gasteiger partial charge < -0.3 is 25.2 Å². The Labute approximate surface area is 205 Å². The van der Waals surface area contributed by atoms with Gasteiger partial charge in [0.25, 0.3) is 0 Å². The Kier molecular flexibility index (Phi) is 8.02. The molecule has 3 N–H and O–H groups in total. The number of benzene rings is 2. The number of hydrogen-bond acceptors (Lipinski definition) is 5. The first kappa shape index (κ1) is 24.7. The topological polar surface area (TPSA) is 114 Å². The van der Waals surface area contributed by atoms with Gasteiger partial charge in [-0.05, 0) is 42.0 Å². The first-order chi connectivity index (χ1) is 17.0. The summed E-state index contributed by atoms with van der Waals surface area (Å²) < 4.78 is 11.2. The highest BCUT2D eigenvalue weighted by Crippen LogP contribution is 2.44. The number of amides is 2. The van der Waals surface area contributed by atoms with Gasteiger partial charge in [-0.25, -0.2) is 4.79 Å². The molecule has 2 aromatic carbocycles. The zero-order valence-electron chi connectivity index (χ0n) is 19.9. The van der Waals surface area contributed by atoms with Crippen LogP contribution in [0.5, 0.6) is 0 Å². The Balaban J connectivity index is 1.28. The van der Waals surface area contributed by atoms with Crippen molar-refractivity contribution >= 4 is 18.0 Å². The van der Waals surface area contributed by atoms with E-state index < -0.39 is 24.1 Å². The summed E-state index contributed by atoms with van der Waals surface area (Å²) >= 11 is 0. The molecule has 0 heterocycles. The fourth-order valence-corrected chi connectivity index (χ4v) is 5.17. The van der Waals surface area contributed by atoms with Gasteiger partial charge in [0.15, 0.2) is 0 Å². The van der Waals surface area contributed by atoms with Crippen molar-refractivity contribution in [1.29, 1.82) is 0 Å².